The number of amides is 1. The van der Waals surface area contributed by atoms with Gasteiger partial charge in [0.1, 0.15) is 5.75 Å². The van der Waals surface area contributed by atoms with Crippen molar-refractivity contribution in [2.75, 3.05) is 18.6 Å². The predicted octanol–water partition coefficient (Wildman–Crippen LogP) is 4.86. The topological polar surface area (TPSA) is 60.2 Å². The van der Waals surface area contributed by atoms with E-state index in [1.165, 1.54) is 5.56 Å². The summed E-state index contributed by atoms with van der Waals surface area (Å²) in [6.07, 6.45) is 6.28. The number of hydrogen-bond donors (Lipinski definition) is 0. The van der Waals surface area contributed by atoms with E-state index in [2.05, 4.69) is 31.0 Å². The van der Waals surface area contributed by atoms with Crippen LogP contribution in [0.4, 0.5) is 5.13 Å². The van der Waals surface area contributed by atoms with Crippen molar-refractivity contribution < 1.29 is 9.53 Å². The number of anilines is 1. The molecule has 0 N–H and O–H groups in total. The van der Waals surface area contributed by atoms with Crippen LogP contribution in [0.5, 0.6) is 5.75 Å². The first-order chi connectivity index (χ1) is 14.5. The van der Waals surface area contributed by atoms with Gasteiger partial charge in [0.2, 0.25) is 0 Å². The molecule has 2 aromatic heterocycles. The normalized spacial score (nSPS) is 11.0. The van der Waals surface area contributed by atoms with Gasteiger partial charge in [-0.3, -0.25) is 9.69 Å². The van der Waals surface area contributed by atoms with E-state index in [4.69, 9.17) is 9.72 Å². The smallest absolute Gasteiger partial charge is 0.260 e. The van der Waals surface area contributed by atoms with E-state index >= 15 is 0 Å². The molecule has 6 nitrogen and oxygen atoms in total. The van der Waals surface area contributed by atoms with Crippen LogP contribution in [-0.2, 0) is 6.54 Å². The molecule has 0 radical (unpaired) electrons. The number of carbonyl (C=O) groups is 1. The summed E-state index contributed by atoms with van der Waals surface area (Å²) < 4.78 is 8.34. The fourth-order valence-corrected chi connectivity index (χ4v) is 4.64. The molecule has 0 saturated carbocycles. The van der Waals surface area contributed by atoms with Crippen molar-refractivity contribution in [1.29, 1.82) is 0 Å². The Kier molecular flexibility index (Phi) is 5.81. The van der Waals surface area contributed by atoms with Gasteiger partial charge in [0.05, 0.1) is 23.7 Å². The van der Waals surface area contributed by atoms with Crippen LogP contribution in [0.3, 0.4) is 0 Å². The SMILES string of the molecule is COc1ccc(C(=O)N(CCCn2ccnc2)c2nc3c(C)cc(C)cc3s2)cc1. The molecular weight excluding hydrogens is 396 g/mol. The fraction of sp³-hybridized carbons (Fsp3) is 0.261. The molecule has 154 valence electrons. The summed E-state index contributed by atoms with van der Waals surface area (Å²) in [5.41, 5.74) is 3.90. The molecule has 0 atom stereocenters. The Balaban J connectivity index is 1.65. The Hall–Kier alpha value is -3.19. The van der Waals surface area contributed by atoms with Gasteiger partial charge in [0, 0.05) is 31.0 Å². The van der Waals surface area contributed by atoms with Gasteiger partial charge < -0.3 is 9.30 Å². The largest absolute Gasteiger partial charge is 0.497 e. The van der Waals surface area contributed by atoms with Gasteiger partial charge in [0.15, 0.2) is 5.13 Å². The standard InChI is InChI=1S/C23H24N4O2S/c1-16-13-17(2)21-20(14-16)30-23(25-21)27(11-4-10-26-12-9-24-15-26)22(28)18-5-7-19(29-3)8-6-18/h5-9,12-15H,4,10-11H2,1-3H3. The minimum absolute atomic E-state index is 0.0586. The molecule has 0 unspecified atom stereocenters. The molecule has 0 saturated heterocycles. The molecule has 4 rings (SSSR count). The van der Waals surface area contributed by atoms with Gasteiger partial charge in [-0.25, -0.2) is 9.97 Å². The van der Waals surface area contributed by atoms with Crippen LogP contribution in [0.1, 0.15) is 27.9 Å². The number of aryl methyl sites for hydroxylation is 3. The van der Waals surface area contributed by atoms with Crippen molar-refractivity contribution in [2.45, 2.75) is 26.8 Å². The summed E-state index contributed by atoms with van der Waals surface area (Å²) in [6, 6.07) is 11.5. The number of ether oxygens (including phenoxy) is 1. The third-order valence-electron chi connectivity index (χ3n) is 4.99. The molecule has 0 spiro atoms. The van der Waals surface area contributed by atoms with Crippen LogP contribution in [0, 0.1) is 13.8 Å². The minimum Gasteiger partial charge on any atom is -0.497 e. The number of rotatable bonds is 7. The van der Waals surface area contributed by atoms with Crippen molar-refractivity contribution >= 4 is 32.6 Å². The van der Waals surface area contributed by atoms with E-state index in [0.717, 1.165) is 39.6 Å². The zero-order valence-corrected chi connectivity index (χ0v) is 18.1. The number of methoxy groups -OCH3 is 1. The third-order valence-corrected chi connectivity index (χ3v) is 6.01. The van der Waals surface area contributed by atoms with Gasteiger partial charge in [0.25, 0.3) is 5.91 Å². The van der Waals surface area contributed by atoms with Crippen LogP contribution < -0.4 is 9.64 Å². The monoisotopic (exact) mass is 420 g/mol. The van der Waals surface area contributed by atoms with Gasteiger partial charge in [-0.1, -0.05) is 17.4 Å². The Bertz CT molecular complexity index is 1150. The summed E-state index contributed by atoms with van der Waals surface area (Å²) in [5, 5.41) is 0.727. The Morgan fingerprint density at radius 3 is 2.70 bits per heavy atom. The second-order valence-electron chi connectivity index (χ2n) is 7.26. The molecule has 0 aliphatic carbocycles. The van der Waals surface area contributed by atoms with Crippen molar-refractivity contribution in [1.82, 2.24) is 14.5 Å². The maximum absolute atomic E-state index is 13.4. The number of thiazole rings is 1. The lowest BCUT2D eigenvalue weighted by molar-refractivity contribution is 0.0986. The zero-order valence-electron chi connectivity index (χ0n) is 17.3. The molecule has 1 amide bonds. The van der Waals surface area contributed by atoms with Gasteiger partial charge >= 0.3 is 0 Å². The van der Waals surface area contributed by atoms with Crippen LogP contribution in [0.25, 0.3) is 10.2 Å². The summed E-state index contributed by atoms with van der Waals surface area (Å²) >= 11 is 1.56. The second kappa shape index (κ2) is 8.67. The molecule has 2 heterocycles. The molecule has 4 aromatic rings. The van der Waals surface area contributed by atoms with Crippen LogP contribution in [-0.4, -0.2) is 34.1 Å². The van der Waals surface area contributed by atoms with Crippen molar-refractivity contribution in [3.8, 4) is 5.75 Å². The molecule has 0 aliphatic heterocycles. The van der Waals surface area contributed by atoms with E-state index in [1.54, 1.807) is 48.0 Å². The first-order valence-corrected chi connectivity index (χ1v) is 10.7. The van der Waals surface area contributed by atoms with Gasteiger partial charge in [-0.2, -0.15) is 0 Å². The lowest BCUT2D eigenvalue weighted by Gasteiger charge is -2.20. The summed E-state index contributed by atoms with van der Waals surface area (Å²) in [7, 11) is 1.62. The Labute approximate surface area is 179 Å². The van der Waals surface area contributed by atoms with Crippen LogP contribution >= 0.6 is 11.3 Å². The van der Waals surface area contributed by atoms with Crippen molar-refractivity contribution in [3.63, 3.8) is 0 Å². The van der Waals surface area contributed by atoms with Crippen molar-refractivity contribution in [2.24, 2.45) is 0 Å². The lowest BCUT2D eigenvalue weighted by atomic mass is 10.1. The molecule has 0 bridgehead atoms. The minimum atomic E-state index is -0.0586. The first kappa shape index (κ1) is 20.1. The Morgan fingerprint density at radius 2 is 2.00 bits per heavy atom. The lowest BCUT2D eigenvalue weighted by Crippen LogP contribution is -2.32. The highest BCUT2D eigenvalue weighted by Crippen LogP contribution is 2.32. The van der Waals surface area contributed by atoms with E-state index in [-0.39, 0.29) is 5.91 Å². The van der Waals surface area contributed by atoms with Gasteiger partial charge in [-0.15, -0.1) is 0 Å². The number of aromatic nitrogens is 3. The highest BCUT2D eigenvalue weighted by molar-refractivity contribution is 7.22. The summed E-state index contributed by atoms with van der Waals surface area (Å²) in [6.45, 7) is 5.50. The van der Waals surface area contributed by atoms with E-state index in [1.807, 2.05) is 22.9 Å². The number of imidazole rings is 1. The number of carbonyl (C=O) groups excluding carboxylic acids is 1. The van der Waals surface area contributed by atoms with Gasteiger partial charge in [-0.05, 0) is 61.7 Å². The highest BCUT2D eigenvalue weighted by atomic mass is 32.1. The number of benzene rings is 2. The summed E-state index contributed by atoms with van der Waals surface area (Å²) in [4.78, 5) is 24.1. The van der Waals surface area contributed by atoms with Crippen molar-refractivity contribution in [3.05, 3.63) is 71.8 Å². The quantitative estimate of drug-likeness (QED) is 0.429. The maximum atomic E-state index is 13.4. The van der Waals surface area contributed by atoms with Crippen LogP contribution in [0.2, 0.25) is 0 Å². The number of nitrogens with zero attached hydrogens (tertiary/aromatic N) is 4. The second-order valence-corrected chi connectivity index (χ2v) is 8.27. The number of hydrogen-bond acceptors (Lipinski definition) is 5. The van der Waals surface area contributed by atoms with E-state index < -0.39 is 0 Å². The maximum Gasteiger partial charge on any atom is 0.260 e. The average Bonchev–Trinajstić information content (AvgIpc) is 3.41. The molecule has 2 aromatic carbocycles. The zero-order chi connectivity index (χ0) is 21.1. The fourth-order valence-electron chi connectivity index (χ4n) is 3.48. The van der Waals surface area contributed by atoms with E-state index in [0.29, 0.717) is 12.1 Å². The van der Waals surface area contributed by atoms with E-state index in [9.17, 15) is 4.79 Å². The third kappa shape index (κ3) is 4.21. The van der Waals surface area contributed by atoms with Crippen LogP contribution in [0.15, 0.2) is 55.1 Å². The number of fused-ring (bicyclic) bond motifs is 1. The first-order valence-electron chi connectivity index (χ1n) is 9.84. The predicted molar refractivity (Wildman–Crippen MR) is 121 cm³/mol. The highest BCUT2D eigenvalue weighted by Gasteiger charge is 2.22. The molecule has 0 aliphatic rings. The summed E-state index contributed by atoms with van der Waals surface area (Å²) in [5.74, 6) is 0.668. The Morgan fingerprint density at radius 1 is 1.20 bits per heavy atom. The molecule has 30 heavy (non-hydrogen) atoms. The molecule has 0 fully saturated rings. The molecular formula is C23H24N4O2S. The average molecular weight is 421 g/mol. The molecule has 7 heteroatoms.